The molecule has 0 radical (unpaired) electrons. The lowest BCUT2D eigenvalue weighted by atomic mass is 10.2. The first-order valence-electron chi connectivity index (χ1n) is 5.03. The van der Waals surface area contributed by atoms with Crippen molar-refractivity contribution in [3.63, 3.8) is 0 Å². The third kappa shape index (κ3) is 4.39. The second-order valence-corrected chi connectivity index (χ2v) is 4.52. The molecule has 0 spiro atoms. The number of halogens is 5. The van der Waals surface area contributed by atoms with Crippen molar-refractivity contribution < 1.29 is 13.2 Å². The molecule has 96 valence electrons. The molecule has 0 bridgehead atoms. The van der Waals surface area contributed by atoms with E-state index in [2.05, 4.69) is 15.9 Å². The smallest absolute Gasteiger partial charge is 0.362 e. The van der Waals surface area contributed by atoms with Crippen molar-refractivity contribution >= 4 is 33.2 Å². The maximum Gasteiger partial charge on any atom is 0.405 e. The molecule has 0 aliphatic carbocycles. The van der Waals surface area contributed by atoms with Gasteiger partial charge in [-0.25, -0.2) is 0 Å². The normalized spacial score (nSPS) is 11.6. The van der Waals surface area contributed by atoms with E-state index in [9.17, 15) is 13.2 Å². The van der Waals surface area contributed by atoms with Crippen LogP contribution >= 0.6 is 27.5 Å². The average molecular weight is 331 g/mol. The highest BCUT2D eigenvalue weighted by Crippen LogP contribution is 2.30. The van der Waals surface area contributed by atoms with Crippen LogP contribution in [-0.4, -0.2) is 19.3 Å². The van der Waals surface area contributed by atoms with Gasteiger partial charge in [-0.15, -0.1) is 0 Å². The fraction of sp³-hybridized carbons (Fsp3) is 0.455. The first-order chi connectivity index (χ1) is 7.87. The van der Waals surface area contributed by atoms with Gasteiger partial charge in [-0.2, -0.15) is 13.2 Å². The lowest BCUT2D eigenvalue weighted by molar-refractivity contribution is -0.119. The number of hydrogen-bond acceptors (Lipinski definition) is 1. The summed E-state index contributed by atoms with van der Waals surface area (Å²) >= 11 is 9.25. The van der Waals surface area contributed by atoms with E-state index in [-0.39, 0.29) is 6.54 Å². The first kappa shape index (κ1) is 14.6. The molecule has 0 aliphatic heterocycles. The molecule has 1 aromatic rings. The van der Waals surface area contributed by atoms with Crippen LogP contribution in [0.4, 0.5) is 18.9 Å². The van der Waals surface area contributed by atoms with E-state index in [0.717, 1.165) is 5.56 Å². The zero-order valence-corrected chi connectivity index (χ0v) is 11.5. The maximum atomic E-state index is 12.4. The first-order valence-corrected chi connectivity index (χ1v) is 6.53. The SMILES string of the molecule is CCN(CC(F)(F)F)c1ccc(CBr)cc1Cl. The summed E-state index contributed by atoms with van der Waals surface area (Å²) in [5.41, 5.74) is 1.35. The maximum absolute atomic E-state index is 12.4. The van der Waals surface area contributed by atoms with Crippen molar-refractivity contribution in [1.82, 2.24) is 0 Å². The second kappa shape index (κ2) is 5.96. The summed E-state index contributed by atoms with van der Waals surface area (Å²) in [4.78, 5) is 1.21. The predicted octanol–water partition coefficient (Wildman–Crippen LogP) is 4.62. The fourth-order valence-electron chi connectivity index (χ4n) is 1.47. The fourth-order valence-corrected chi connectivity index (χ4v) is 2.15. The Morgan fingerprint density at radius 1 is 1.35 bits per heavy atom. The monoisotopic (exact) mass is 329 g/mol. The van der Waals surface area contributed by atoms with Crippen LogP contribution in [0.15, 0.2) is 18.2 Å². The molecule has 0 fully saturated rings. The third-order valence-corrected chi connectivity index (χ3v) is 3.21. The van der Waals surface area contributed by atoms with Gasteiger partial charge in [0.2, 0.25) is 0 Å². The van der Waals surface area contributed by atoms with Crippen LogP contribution in [0.25, 0.3) is 0 Å². The van der Waals surface area contributed by atoms with Crippen LogP contribution in [-0.2, 0) is 5.33 Å². The molecule has 0 unspecified atom stereocenters. The number of alkyl halides is 4. The van der Waals surface area contributed by atoms with Gasteiger partial charge in [0.25, 0.3) is 0 Å². The van der Waals surface area contributed by atoms with Crippen molar-refractivity contribution in [3.05, 3.63) is 28.8 Å². The summed E-state index contributed by atoms with van der Waals surface area (Å²) in [5, 5.41) is 0.964. The molecule has 17 heavy (non-hydrogen) atoms. The highest BCUT2D eigenvalue weighted by Gasteiger charge is 2.30. The molecule has 1 rings (SSSR count). The molecule has 1 nitrogen and oxygen atoms in total. The van der Waals surface area contributed by atoms with Gasteiger partial charge in [-0.05, 0) is 24.6 Å². The van der Waals surface area contributed by atoms with Crippen molar-refractivity contribution in [3.8, 4) is 0 Å². The van der Waals surface area contributed by atoms with E-state index < -0.39 is 12.7 Å². The Hall–Kier alpha value is -0.420. The Labute approximate surface area is 112 Å². The quantitative estimate of drug-likeness (QED) is 0.728. The molecule has 0 aromatic heterocycles. The summed E-state index contributed by atoms with van der Waals surface area (Å²) in [7, 11) is 0. The number of nitrogens with zero attached hydrogens (tertiary/aromatic N) is 1. The summed E-state index contributed by atoms with van der Waals surface area (Å²) in [6.45, 7) is 0.935. The van der Waals surface area contributed by atoms with Crippen LogP contribution in [0.1, 0.15) is 12.5 Å². The molecule has 0 saturated carbocycles. The molecular weight excluding hydrogens is 318 g/mol. The molecule has 1 aromatic carbocycles. The van der Waals surface area contributed by atoms with E-state index in [0.29, 0.717) is 16.0 Å². The van der Waals surface area contributed by atoms with E-state index in [1.54, 1.807) is 25.1 Å². The van der Waals surface area contributed by atoms with E-state index in [4.69, 9.17) is 11.6 Å². The van der Waals surface area contributed by atoms with Gasteiger partial charge < -0.3 is 4.90 Å². The zero-order chi connectivity index (χ0) is 13.1. The Balaban J connectivity index is 2.96. The lowest BCUT2D eigenvalue weighted by Gasteiger charge is -2.25. The number of anilines is 1. The van der Waals surface area contributed by atoms with Crippen LogP contribution in [0.5, 0.6) is 0 Å². The van der Waals surface area contributed by atoms with Crippen LogP contribution in [0.2, 0.25) is 5.02 Å². The number of benzene rings is 1. The Morgan fingerprint density at radius 2 is 2.00 bits per heavy atom. The highest BCUT2D eigenvalue weighted by atomic mass is 79.9. The third-order valence-electron chi connectivity index (χ3n) is 2.26. The summed E-state index contributed by atoms with van der Waals surface area (Å²) in [6, 6.07) is 5.05. The van der Waals surface area contributed by atoms with E-state index >= 15 is 0 Å². The van der Waals surface area contributed by atoms with Crippen molar-refractivity contribution in [2.24, 2.45) is 0 Å². The average Bonchev–Trinajstić information content (AvgIpc) is 2.24. The number of hydrogen-bond donors (Lipinski definition) is 0. The van der Waals surface area contributed by atoms with Crippen molar-refractivity contribution in [2.45, 2.75) is 18.4 Å². The van der Waals surface area contributed by atoms with Crippen LogP contribution in [0.3, 0.4) is 0 Å². The molecule has 6 heteroatoms. The van der Waals surface area contributed by atoms with Gasteiger partial charge in [-0.3, -0.25) is 0 Å². The topological polar surface area (TPSA) is 3.24 Å². The molecule has 0 N–H and O–H groups in total. The lowest BCUT2D eigenvalue weighted by Crippen LogP contribution is -2.34. The number of rotatable bonds is 4. The minimum absolute atomic E-state index is 0.257. The van der Waals surface area contributed by atoms with Crippen molar-refractivity contribution in [1.29, 1.82) is 0 Å². The standard InChI is InChI=1S/C11H12BrClF3N/c1-2-17(7-11(14,15)16)10-4-3-8(6-12)5-9(10)13/h3-5H,2,6-7H2,1H3. The van der Waals surface area contributed by atoms with Gasteiger partial charge in [0.05, 0.1) is 10.7 Å². The molecule has 0 heterocycles. The van der Waals surface area contributed by atoms with Gasteiger partial charge in [0.1, 0.15) is 6.54 Å². The molecule has 0 amide bonds. The highest BCUT2D eigenvalue weighted by molar-refractivity contribution is 9.08. The molecular formula is C11H12BrClF3N. The second-order valence-electron chi connectivity index (χ2n) is 3.55. The minimum atomic E-state index is -4.23. The zero-order valence-electron chi connectivity index (χ0n) is 9.19. The van der Waals surface area contributed by atoms with Crippen LogP contribution < -0.4 is 4.90 Å². The molecule has 0 atom stereocenters. The van der Waals surface area contributed by atoms with Crippen molar-refractivity contribution in [2.75, 3.05) is 18.0 Å². The predicted molar refractivity (Wildman–Crippen MR) is 68.0 cm³/mol. The Morgan fingerprint density at radius 3 is 2.41 bits per heavy atom. The van der Waals surface area contributed by atoms with Crippen LogP contribution in [0, 0.1) is 0 Å². The van der Waals surface area contributed by atoms with Gasteiger partial charge in [0, 0.05) is 11.9 Å². The molecule has 0 aliphatic rings. The Kier molecular flexibility index (Phi) is 5.13. The minimum Gasteiger partial charge on any atom is -0.362 e. The van der Waals surface area contributed by atoms with Gasteiger partial charge in [-0.1, -0.05) is 33.6 Å². The van der Waals surface area contributed by atoms with Gasteiger partial charge >= 0.3 is 6.18 Å². The summed E-state index contributed by atoms with van der Waals surface area (Å²) in [6.07, 6.45) is -4.23. The Bertz CT molecular complexity index is 381. The van der Waals surface area contributed by atoms with Gasteiger partial charge in [0.15, 0.2) is 0 Å². The summed E-state index contributed by atoms with van der Waals surface area (Å²) < 4.78 is 37.1. The largest absolute Gasteiger partial charge is 0.405 e. The van der Waals surface area contributed by atoms with E-state index in [1.165, 1.54) is 4.90 Å². The summed E-state index contributed by atoms with van der Waals surface area (Å²) in [5.74, 6) is 0. The molecule has 0 saturated heterocycles. The van der Waals surface area contributed by atoms with E-state index in [1.807, 2.05) is 0 Å².